The molecule has 1 saturated heterocycles. The number of hydrogen-bond donors (Lipinski definition) is 0. The number of piperazine rings is 1. The first kappa shape index (κ1) is 18.8. The molecule has 1 aromatic heterocycles. The number of benzene rings is 2. The van der Waals surface area contributed by atoms with E-state index in [4.69, 9.17) is 0 Å². The Morgan fingerprint density at radius 2 is 1.83 bits per heavy atom. The summed E-state index contributed by atoms with van der Waals surface area (Å²) in [5.41, 5.74) is 2.96. The number of carbonyl (C=O) groups is 2. The van der Waals surface area contributed by atoms with Gasteiger partial charge in [-0.3, -0.25) is 19.6 Å². The average molecular weight is 386 g/mol. The van der Waals surface area contributed by atoms with E-state index in [1.54, 1.807) is 18.5 Å². The summed E-state index contributed by atoms with van der Waals surface area (Å²) >= 11 is 0. The minimum absolute atomic E-state index is 0.0835. The number of amides is 2. The third kappa shape index (κ3) is 3.87. The zero-order valence-corrected chi connectivity index (χ0v) is 16.1. The molecule has 6 nitrogen and oxygen atoms in total. The summed E-state index contributed by atoms with van der Waals surface area (Å²) in [6.45, 7) is 5.04. The third-order valence-electron chi connectivity index (χ3n) is 5.27. The zero-order valence-electron chi connectivity index (χ0n) is 16.1. The number of para-hydroxylation sites is 1. The van der Waals surface area contributed by atoms with E-state index in [2.05, 4.69) is 16.5 Å². The second kappa shape index (κ2) is 8.22. The lowest BCUT2D eigenvalue weighted by atomic mass is 10.0. The van der Waals surface area contributed by atoms with Gasteiger partial charge in [0.2, 0.25) is 5.91 Å². The van der Waals surface area contributed by atoms with Gasteiger partial charge in [0.05, 0.1) is 17.1 Å². The fourth-order valence-corrected chi connectivity index (χ4v) is 3.84. The van der Waals surface area contributed by atoms with Gasteiger partial charge in [0.15, 0.2) is 0 Å². The van der Waals surface area contributed by atoms with Gasteiger partial charge in [-0.1, -0.05) is 43.0 Å². The van der Waals surface area contributed by atoms with Crippen molar-refractivity contribution in [1.82, 2.24) is 19.8 Å². The first-order valence-corrected chi connectivity index (χ1v) is 9.63. The van der Waals surface area contributed by atoms with Crippen molar-refractivity contribution in [3.8, 4) is 0 Å². The number of rotatable bonds is 4. The number of hydrogen-bond acceptors (Lipinski definition) is 4. The van der Waals surface area contributed by atoms with Crippen LogP contribution < -0.4 is 0 Å². The maximum Gasteiger partial charge on any atom is 0.256 e. The molecule has 2 aromatic carbocycles. The highest BCUT2D eigenvalue weighted by atomic mass is 16.2. The Balaban J connectivity index is 1.60. The Morgan fingerprint density at radius 3 is 2.62 bits per heavy atom. The summed E-state index contributed by atoms with van der Waals surface area (Å²) in [5.74, 6) is -0.186. The van der Waals surface area contributed by atoms with Gasteiger partial charge in [-0.25, -0.2) is 0 Å². The summed E-state index contributed by atoms with van der Waals surface area (Å²) in [6, 6.07) is 15.4. The van der Waals surface area contributed by atoms with E-state index >= 15 is 0 Å². The second-order valence-corrected chi connectivity index (χ2v) is 7.06. The van der Waals surface area contributed by atoms with E-state index in [1.807, 2.05) is 52.3 Å². The van der Waals surface area contributed by atoms with Crippen molar-refractivity contribution >= 4 is 22.8 Å². The molecule has 1 fully saturated rings. The Bertz CT molecular complexity index is 1050. The molecule has 0 spiro atoms. The van der Waals surface area contributed by atoms with Gasteiger partial charge in [0.25, 0.3) is 5.91 Å². The van der Waals surface area contributed by atoms with Gasteiger partial charge in [-0.2, -0.15) is 0 Å². The predicted molar refractivity (Wildman–Crippen MR) is 111 cm³/mol. The van der Waals surface area contributed by atoms with Crippen molar-refractivity contribution in [2.75, 3.05) is 19.6 Å². The minimum atomic E-state index is -0.110. The first-order chi connectivity index (χ1) is 14.2. The average Bonchev–Trinajstić information content (AvgIpc) is 2.78. The lowest BCUT2D eigenvalue weighted by Gasteiger charge is -2.41. The highest BCUT2D eigenvalue weighted by Crippen LogP contribution is 2.21. The van der Waals surface area contributed by atoms with Crippen molar-refractivity contribution in [2.45, 2.75) is 12.5 Å². The van der Waals surface area contributed by atoms with Gasteiger partial charge in [-0.05, 0) is 30.2 Å². The molecule has 1 aliphatic heterocycles. The minimum Gasteiger partial charge on any atom is -0.335 e. The van der Waals surface area contributed by atoms with Crippen LogP contribution in [0.2, 0.25) is 0 Å². The van der Waals surface area contributed by atoms with E-state index in [-0.39, 0.29) is 17.9 Å². The van der Waals surface area contributed by atoms with Crippen LogP contribution >= 0.6 is 0 Å². The highest BCUT2D eigenvalue weighted by molar-refractivity contribution is 6.04. The molecule has 6 heteroatoms. The summed E-state index contributed by atoms with van der Waals surface area (Å²) < 4.78 is 0. The topological polar surface area (TPSA) is 66.4 Å². The number of aromatic nitrogens is 2. The molecule has 2 amide bonds. The van der Waals surface area contributed by atoms with Crippen LogP contribution in [-0.4, -0.2) is 57.3 Å². The van der Waals surface area contributed by atoms with E-state index in [9.17, 15) is 9.59 Å². The molecular formula is C23H22N4O2. The first-order valence-electron chi connectivity index (χ1n) is 9.63. The molecule has 0 bridgehead atoms. The predicted octanol–water partition coefficient (Wildman–Crippen LogP) is 2.71. The molecule has 4 rings (SSSR count). The third-order valence-corrected chi connectivity index (χ3v) is 5.27. The van der Waals surface area contributed by atoms with Crippen LogP contribution in [0, 0.1) is 0 Å². The Morgan fingerprint density at radius 1 is 1.03 bits per heavy atom. The van der Waals surface area contributed by atoms with Crippen LogP contribution in [-0.2, 0) is 11.2 Å². The molecule has 0 unspecified atom stereocenters. The smallest absolute Gasteiger partial charge is 0.256 e. The number of nitrogens with zero attached hydrogens (tertiary/aromatic N) is 4. The van der Waals surface area contributed by atoms with Crippen molar-refractivity contribution < 1.29 is 9.59 Å². The number of carbonyl (C=O) groups excluding carboxylic acids is 2. The van der Waals surface area contributed by atoms with Crippen LogP contribution in [0.3, 0.4) is 0 Å². The van der Waals surface area contributed by atoms with Gasteiger partial charge < -0.3 is 9.80 Å². The second-order valence-electron chi connectivity index (χ2n) is 7.06. The monoisotopic (exact) mass is 386 g/mol. The molecular weight excluding hydrogens is 364 g/mol. The maximum atomic E-state index is 13.3. The Kier molecular flexibility index (Phi) is 5.33. The van der Waals surface area contributed by atoms with E-state index < -0.39 is 0 Å². The molecule has 146 valence electrons. The SMILES string of the molecule is C=CC(=O)N1CCN(C(=O)c2cccc3nccnc23)C[C@@H]1Cc1ccccc1. The Labute approximate surface area is 169 Å². The fourth-order valence-electron chi connectivity index (χ4n) is 3.84. The molecule has 0 saturated carbocycles. The summed E-state index contributed by atoms with van der Waals surface area (Å²) in [7, 11) is 0. The molecule has 1 aliphatic rings. The van der Waals surface area contributed by atoms with Crippen molar-refractivity contribution in [3.05, 3.63) is 84.7 Å². The quantitative estimate of drug-likeness (QED) is 0.647. The van der Waals surface area contributed by atoms with E-state index in [0.717, 1.165) is 5.56 Å². The molecule has 29 heavy (non-hydrogen) atoms. The summed E-state index contributed by atoms with van der Waals surface area (Å²) in [6.07, 6.45) is 5.24. The lowest BCUT2D eigenvalue weighted by molar-refractivity contribution is -0.130. The highest BCUT2D eigenvalue weighted by Gasteiger charge is 2.32. The van der Waals surface area contributed by atoms with Crippen molar-refractivity contribution in [2.24, 2.45) is 0 Å². The Hall–Kier alpha value is -3.54. The number of fused-ring (bicyclic) bond motifs is 1. The maximum absolute atomic E-state index is 13.3. The van der Waals surface area contributed by atoms with Crippen LogP contribution in [0.4, 0.5) is 0 Å². The molecule has 3 aromatic rings. The van der Waals surface area contributed by atoms with Crippen molar-refractivity contribution in [3.63, 3.8) is 0 Å². The van der Waals surface area contributed by atoms with Crippen LogP contribution in [0.25, 0.3) is 11.0 Å². The van der Waals surface area contributed by atoms with E-state index in [1.165, 1.54) is 6.08 Å². The normalized spacial score (nSPS) is 16.6. The van der Waals surface area contributed by atoms with Gasteiger partial charge in [-0.15, -0.1) is 0 Å². The molecule has 0 aliphatic carbocycles. The fraction of sp³-hybridized carbons (Fsp3) is 0.217. The van der Waals surface area contributed by atoms with Crippen molar-refractivity contribution in [1.29, 1.82) is 0 Å². The lowest BCUT2D eigenvalue weighted by Crippen LogP contribution is -2.57. The van der Waals surface area contributed by atoms with Crippen LogP contribution in [0.15, 0.2) is 73.6 Å². The summed E-state index contributed by atoms with van der Waals surface area (Å²) in [4.78, 5) is 37.9. The molecule has 2 heterocycles. The summed E-state index contributed by atoms with van der Waals surface area (Å²) in [5, 5.41) is 0. The molecule has 0 radical (unpaired) electrons. The van der Waals surface area contributed by atoms with Crippen LogP contribution in [0.1, 0.15) is 15.9 Å². The standard InChI is InChI=1S/C23H22N4O2/c1-2-21(28)27-14-13-26(16-18(27)15-17-7-4-3-5-8-17)23(29)19-9-6-10-20-22(19)25-12-11-24-20/h2-12,18H,1,13-16H2/t18-/m0/s1. The van der Waals surface area contributed by atoms with Gasteiger partial charge >= 0.3 is 0 Å². The molecule has 0 N–H and O–H groups in total. The van der Waals surface area contributed by atoms with Gasteiger partial charge in [0.1, 0.15) is 5.52 Å². The van der Waals surface area contributed by atoms with E-state index in [0.29, 0.717) is 42.7 Å². The largest absolute Gasteiger partial charge is 0.335 e. The molecule has 1 atom stereocenters. The van der Waals surface area contributed by atoms with Crippen LogP contribution in [0.5, 0.6) is 0 Å². The zero-order chi connectivity index (χ0) is 20.2. The van der Waals surface area contributed by atoms with Gasteiger partial charge in [0, 0.05) is 32.0 Å².